The standard InChI is InChI=1S/C30H35NO3/c1-2-29(23-9-5-3-6-10-23)30(24-11-15-26(32)16-12-24)25-13-17-28(18-14-25)34-22-27(33)21-31-19-7-4-8-20-31/h3,5-6,9-18,27,32-33H,2,4,7-8,19-22H2,1H3. The number of allylic oxidation sites excluding steroid dienone is 1. The second-order valence-corrected chi connectivity index (χ2v) is 8.97. The Balaban J connectivity index is 1.54. The number of piperidine rings is 1. The monoisotopic (exact) mass is 457 g/mol. The van der Waals surface area contributed by atoms with Crippen LogP contribution in [0, 0.1) is 0 Å². The van der Waals surface area contributed by atoms with Crippen LogP contribution in [0.25, 0.3) is 11.1 Å². The van der Waals surface area contributed by atoms with Crippen LogP contribution in [0.1, 0.15) is 49.3 Å². The molecule has 1 fully saturated rings. The highest BCUT2D eigenvalue weighted by Crippen LogP contribution is 2.35. The van der Waals surface area contributed by atoms with E-state index in [0.29, 0.717) is 13.2 Å². The molecule has 0 spiro atoms. The van der Waals surface area contributed by atoms with E-state index in [1.807, 2.05) is 30.3 Å². The highest BCUT2D eigenvalue weighted by atomic mass is 16.5. The van der Waals surface area contributed by atoms with Crippen molar-refractivity contribution in [3.63, 3.8) is 0 Å². The van der Waals surface area contributed by atoms with Crippen LogP contribution in [0.5, 0.6) is 11.5 Å². The highest BCUT2D eigenvalue weighted by Gasteiger charge is 2.16. The smallest absolute Gasteiger partial charge is 0.119 e. The molecule has 0 bridgehead atoms. The topological polar surface area (TPSA) is 52.9 Å². The first-order valence-electron chi connectivity index (χ1n) is 12.4. The fourth-order valence-electron chi connectivity index (χ4n) is 4.71. The van der Waals surface area contributed by atoms with Crippen molar-refractivity contribution in [3.05, 3.63) is 95.6 Å². The van der Waals surface area contributed by atoms with Gasteiger partial charge in [-0.05, 0) is 84.5 Å². The normalized spacial score (nSPS) is 16.1. The van der Waals surface area contributed by atoms with E-state index in [2.05, 4.69) is 48.2 Å². The molecule has 178 valence electrons. The fourth-order valence-corrected chi connectivity index (χ4v) is 4.71. The van der Waals surface area contributed by atoms with Gasteiger partial charge in [0, 0.05) is 6.54 Å². The van der Waals surface area contributed by atoms with Crippen LogP contribution >= 0.6 is 0 Å². The van der Waals surface area contributed by atoms with E-state index >= 15 is 0 Å². The maximum Gasteiger partial charge on any atom is 0.119 e. The number of likely N-dealkylation sites (tertiary alicyclic amines) is 1. The number of phenolic OH excluding ortho intramolecular Hbond substituents is 1. The number of aliphatic hydroxyl groups is 1. The zero-order valence-electron chi connectivity index (χ0n) is 20.0. The van der Waals surface area contributed by atoms with Crippen molar-refractivity contribution in [2.24, 2.45) is 0 Å². The molecule has 3 aromatic carbocycles. The van der Waals surface area contributed by atoms with Gasteiger partial charge in [-0.2, -0.15) is 0 Å². The molecule has 0 saturated carbocycles. The van der Waals surface area contributed by atoms with E-state index in [-0.39, 0.29) is 5.75 Å². The van der Waals surface area contributed by atoms with Crippen LogP contribution in [-0.2, 0) is 0 Å². The van der Waals surface area contributed by atoms with Crippen LogP contribution in [0.3, 0.4) is 0 Å². The van der Waals surface area contributed by atoms with Gasteiger partial charge in [0.1, 0.15) is 24.2 Å². The first-order valence-corrected chi connectivity index (χ1v) is 12.4. The Morgan fingerprint density at radius 2 is 1.44 bits per heavy atom. The second kappa shape index (κ2) is 11.9. The van der Waals surface area contributed by atoms with E-state index < -0.39 is 6.10 Å². The summed E-state index contributed by atoms with van der Waals surface area (Å²) in [7, 11) is 0. The van der Waals surface area contributed by atoms with Crippen molar-refractivity contribution in [2.45, 2.75) is 38.7 Å². The SMILES string of the molecule is CCC(=C(c1ccc(O)cc1)c1ccc(OCC(O)CN2CCCCC2)cc1)c1ccccc1. The van der Waals surface area contributed by atoms with Gasteiger partial charge in [-0.1, -0.05) is 67.9 Å². The third kappa shape index (κ3) is 6.28. The van der Waals surface area contributed by atoms with Crippen molar-refractivity contribution in [3.8, 4) is 11.5 Å². The van der Waals surface area contributed by atoms with E-state index in [4.69, 9.17) is 4.74 Å². The summed E-state index contributed by atoms with van der Waals surface area (Å²) in [6, 6.07) is 25.9. The molecule has 34 heavy (non-hydrogen) atoms. The van der Waals surface area contributed by atoms with Crippen molar-refractivity contribution < 1.29 is 14.9 Å². The minimum atomic E-state index is -0.491. The van der Waals surface area contributed by atoms with Crippen molar-refractivity contribution in [2.75, 3.05) is 26.2 Å². The first-order chi connectivity index (χ1) is 16.6. The number of hydrogen-bond acceptors (Lipinski definition) is 4. The minimum Gasteiger partial charge on any atom is -0.508 e. The fraction of sp³-hybridized carbons (Fsp3) is 0.333. The van der Waals surface area contributed by atoms with Crippen LogP contribution in [-0.4, -0.2) is 47.5 Å². The second-order valence-electron chi connectivity index (χ2n) is 8.97. The summed E-state index contributed by atoms with van der Waals surface area (Å²) in [6.07, 6.45) is 4.11. The summed E-state index contributed by atoms with van der Waals surface area (Å²) in [6.45, 7) is 5.27. The predicted octanol–water partition coefficient (Wildman–Crippen LogP) is 5.99. The number of benzene rings is 3. The van der Waals surface area contributed by atoms with E-state index in [1.165, 1.54) is 30.4 Å². The zero-order chi connectivity index (χ0) is 23.8. The van der Waals surface area contributed by atoms with Gasteiger partial charge in [-0.3, -0.25) is 0 Å². The minimum absolute atomic E-state index is 0.257. The Kier molecular flexibility index (Phi) is 8.40. The summed E-state index contributed by atoms with van der Waals surface area (Å²) >= 11 is 0. The Hall–Kier alpha value is -3.08. The molecule has 4 rings (SSSR count). The Morgan fingerprint density at radius 1 is 0.824 bits per heavy atom. The van der Waals surface area contributed by atoms with Gasteiger partial charge in [0.25, 0.3) is 0 Å². The molecule has 2 N–H and O–H groups in total. The molecule has 1 aliphatic rings. The summed E-state index contributed by atoms with van der Waals surface area (Å²) in [4.78, 5) is 2.32. The largest absolute Gasteiger partial charge is 0.508 e. The quantitative estimate of drug-likeness (QED) is 0.388. The van der Waals surface area contributed by atoms with Crippen molar-refractivity contribution >= 4 is 11.1 Å². The average Bonchev–Trinajstić information content (AvgIpc) is 2.88. The highest BCUT2D eigenvalue weighted by molar-refractivity contribution is 5.98. The number of aromatic hydroxyl groups is 1. The molecule has 1 saturated heterocycles. The van der Waals surface area contributed by atoms with Gasteiger partial charge in [-0.25, -0.2) is 0 Å². The lowest BCUT2D eigenvalue weighted by Crippen LogP contribution is -2.38. The maximum atomic E-state index is 10.4. The number of β-amino-alcohol motifs (C(OH)–C–C–N with tert-alkyl or cyclic N) is 1. The zero-order valence-corrected chi connectivity index (χ0v) is 20.0. The number of hydrogen-bond donors (Lipinski definition) is 2. The predicted molar refractivity (Wildman–Crippen MR) is 139 cm³/mol. The molecule has 4 nitrogen and oxygen atoms in total. The lowest BCUT2D eigenvalue weighted by Gasteiger charge is -2.28. The van der Waals surface area contributed by atoms with E-state index in [1.54, 1.807) is 12.1 Å². The summed E-state index contributed by atoms with van der Waals surface area (Å²) in [5, 5.41) is 20.2. The molecule has 0 aliphatic carbocycles. The molecule has 0 radical (unpaired) electrons. The molecular formula is C30H35NO3. The molecule has 3 aromatic rings. The summed E-state index contributed by atoms with van der Waals surface area (Å²) in [5.41, 5.74) is 5.73. The third-order valence-corrected chi connectivity index (χ3v) is 6.44. The molecule has 1 aliphatic heterocycles. The number of phenols is 1. The van der Waals surface area contributed by atoms with E-state index in [0.717, 1.165) is 42.0 Å². The van der Waals surface area contributed by atoms with Gasteiger partial charge in [-0.15, -0.1) is 0 Å². The van der Waals surface area contributed by atoms with Gasteiger partial charge in [0.15, 0.2) is 0 Å². The molecule has 0 aromatic heterocycles. The Labute approximate surface area is 203 Å². The van der Waals surface area contributed by atoms with Crippen LogP contribution in [0.4, 0.5) is 0 Å². The Morgan fingerprint density at radius 3 is 2.06 bits per heavy atom. The van der Waals surface area contributed by atoms with Crippen LogP contribution in [0.15, 0.2) is 78.9 Å². The molecule has 1 unspecified atom stereocenters. The molecule has 1 heterocycles. The molecular weight excluding hydrogens is 422 g/mol. The summed E-state index contributed by atoms with van der Waals surface area (Å²) < 4.78 is 5.91. The van der Waals surface area contributed by atoms with Crippen molar-refractivity contribution in [1.82, 2.24) is 4.90 Å². The number of ether oxygens (including phenoxy) is 1. The third-order valence-electron chi connectivity index (χ3n) is 6.44. The molecule has 4 heteroatoms. The number of aliphatic hydroxyl groups excluding tert-OH is 1. The maximum absolute atomic E-state index is 10.4. The van der Waals surface area contributed by atoms with Gasteiger partial charge in [0.05, 0.1) is 0 Å². The Bertz CT molecular complexity index is 1050. The van der Waals surface area contributed by atoms with Gasteiger partial charge in [0.2, 0.25) is 0 Å². The first kappa shape index (κ1) is 24.1. The van der Waals surface area contributed by atoms with Crippen molar-refractivity contribution in [1.29, 1.82) is 0 Å². The summed E-state index contributed by atoms with van der Waals surface area (Å²) in [5.74, 6) is 1.01. The van der Waals surface area contributed by atoms with Gasteiger partial charge >= 0.3 is 0 Å². The lowest BCUT2D eigenvalue weighted by molar-refractivity contribution is 0.0617. The van der Waals surface area contributed by atoms with Gasteiger partial charge < -0.3 is 19.8 Å². The van der Waals surface area contributed by atoms with Crippen LogP contribution < -0.4 is 4.74 Å². The van der Waals surface area contributed by atoms with E-state index in [9.17, 15) is 10.2 Å². The number of rotatable bonds is 9. The average molecular weight is 458 g/mol. The lowest BCUT2D eigenvalue weighted by atomic mass is 9.88. The number of nitrogens with zero attached hydrogens (tertiary/aromatic N) is 1. The molecule has 0 amide bonds. The van der Waals surface area contributed by atoms with Crippen LogP contribution in [0.2, 0.25) is 0 Å². The molecule has 1 atom stereocenters.